The SMILES string of the molecule is CC(c1nc(-c2cccs2)no1)N1CCN(C(=O)C2CNC2)CC1.Cl. The highest BCUT2D eigenvalue weighted by atomic mass is 35.5. The Hall–Kier alpha value is -1.48. The predicted molar refractivity (Wildman–Crippen MR) is 97.8 cm³/mol. The van der Waals surface area contributed by atoms with Crippen LogP contribution in [-0.2, 0) is 4.79 Å². The molecule has 2 aromatic rings. The smallest absolute Gasteiger partial charge is 0.244 e. The molecule has 2 fully saturated rings. The maximum atomic E-state index is 12.3. The summed E-state index contributed by atoms with van der Waals surface area (Å²) in [5.41, 5.74) is 0. The highest BCUT2D eigenvalue weighted by molar-refractivity contribution is 7.13. The first kappa shape index (κ1) is 18.3. The molecule has 2 aliphatic rings. The van der Waals surface area contributed by atoms with Crippen molar-refractivity contribution in [3.8, 4) is 10.7 Å². The molecule has 0 aromatic carbocycles. The highest BCUT2D eigenvalue weighted by Gasteiger charge is 2.33. The fourth-order valence-corrected chi connectivity index (χ4v) is 3.77. The average molecular weight is 384 g/mol. The summed E-state index contributed by atoms with van der Waals surface area (Å²) in [6.45, 7) is 6.94. The van der Waals surface area contributed by atoms with E-state index in [2.05, 4.69) is 27.3 Å². The number of rotatable bonds is 4. The van der Waals surface area contributed by atoms with Crippen molar-refractivity contribution in [2.45, 2.75) is 13.0 Å². The molecule has 1 unspecified atom stereocenters. The Morgan fingerprint density at radius 3 is 2.72 bits per heavy atom. The molecule has 4 rings (SSSR count). The molecule has 0 aliphatic carbocycles. The summed E-state index contributed by atoms with van der Waals surface area (Å²) in [6, 6.07) is 4.03. The van der Waals surface area contributed by atoms with Crippen LogP contribution in [0.3, 0.4) is 0 Å². The van der Waals surface area contributed by atoms with E-state index < -0.39 is 0 Å². The molecule has 25 heavy (non-hydrogen) atoms. The Bertz CT molecular complexity index is 695. The molecule has 1 N–H and O–H groups in total. The van der Waals surface area contributed by atoms with Crippen molar-refractivity contribution in [2.24, 2.45) is 5.92 Å². The Kier molecular flexibility index (Phi) is 5.73. The minimum atomic E-state index is 0. The van der Waals surface area contributed by atoms with Crippen LogP contribution in [-0.4, -0.2) is 65.1 Å². The van der Waals surface area contributed by atoms with E-state index in [-0.39, 0.29) is 24.4 Å². The molecule has 1 atom stereocenters. The lowest BCUT2D eigenvalue weighted by molar-refractivity contribution is -0.139. The van der Waals surface area contributed by atoms with Gasteiger partial charge in [-0.3, -0.25) is 9.69 Å². The molecule has 0 saturated carbocycles. The second-order valence-electron chi connectivity index (χ2n) is 6.33. The van der Waals surface area contributed by atoms with Gasteiger partial charge in [0.2, 0.25) is 17.6 Å². The van der Waals surface area contributed by atoms with Gasteiger partial charge in [0.05, 0.1) is 16.8 Å². The number of carbonyl (C=O) groups is 1. The minimum absolute atomic E-state index is 0. The van der Waals surface area contributed by atoms with Gasteiger partial charge in [-0.1, -0.05) is 11.2 Å². The number of piperazine rings is 1. The van der Waals surface area contributed by atoms with E-state index in [1.54, 1.807) is 11.3 Å². The molecular formula is C16H22ClN5O2S. The quantitative estimate of drug-likeness (QED) is 0.865. The first-order chi connectivity index (χ1) is 11.7. The van der Waals surface area contributed by atoms with Gasteiger partial charge in [-0.2, -0.15) is 4.98 Å². The number of halogens is 1. The van der Waals surface area contributed by atoms with E-state index in [4.69, 9.17) is 4.52 Å². The van der Waals surface area contributed by atoms with E-state index in [1.165, 1.54) is 0 Å². The van der Waals surface area contributed by atoms with E-state index in [9.17, 15) is 4.79 Å². The fourth-order valence-electron chi connectivity index (χ4n) is 3.12. The molecule has 2 aromatic heterocycles. The van der Waals surface area contributed by atoms with Gasteiger partial charge >= 0.3 is 0 Å². The van der Waals surface area contributed by atoms with Gasteiger partial charge in [-0.15, -0.1) is 23.7 Å². The third kappa shape index (κ3) is 3.72. The standard InChI is InChI=1S/C16H21N5O2S.ClH/c1-11(15-18-14(19-23-15)13-3-2-8-24-13)20-4-6-21(7-5-20)16(22)12-9-17-10-12;/h2-3,8,11-12,17H,4-7,9-10H2,1H3;1H. The number of nitrogens with one attached hydrogen (secondary N) is 1. The van der Waals surface area contributed by atoms with Crippen LogP contribution in [0.15, 0.2) is 22.0 Å². The molecule has 4 heterocycles. The molecule has 9 heteroatoms. The Morgan fingerprint density at radius 2 is 2.12 bits per heavy atom. The lowest BCUT2D eigenvalue weighted by Crippen LogP contribution is -2.56. The van der Waals surface area contributed by atoms with Crippen LogP contribution in [0.1, 0.15) is 18.9 Å². The molecule has 2 aliphatic heterocycles. The predicted octanol–water partition coefficient (Wildman–Crippen LogP) is 1.64. The van der Waals surface area contributed by atoms with Crippen molar-refractivity contribution >= 4 is 29.7 Å². The van der Waals surface area contributed by atoms with E-state index in [1.807, 2.05) is 22.4 Å². The first-order valence-corrected chi connectivity index (χ1v) is 9.21. The Balaban J connectivity index is 0.00000182. The molecule has 0 bridgehead atoms. The Morgan fingerprint density at radius 1 is 1.36 bits per heavy atom. The zero-order valence-corrected chi connectivity index (χ0v) is 15.7. The van der Waals surface area contributed by atoms with Crippen LogP contribution in [0.25, 0.3) is 10.7 Å². The van der Waals surface area contributed by atoms with Crippen LogP contribution >= 0.6 is 23.7 Å². The number of carbonyl (C=O) groups excluding carboxylic acids is 1. The zero-order chi connectivity index (χ0) is 16.5. The number of nitrogens with zero attached hydrogens (tertiary/aromatic N) is 4. The number of aromatic nitrogens is 2. The number of amides is 1. The van der Waals surface area contributed by atoms with Gasteiger partial charge in [0.15, 0.2) is 0 Å². The Labute approximate surface area is 156 Å². The zero-order valence-electron chi connectivity index (χ0n) is 14.1. The molecule has 7 nitrogen and oxygen atoms in total. The van der Waals surface area contributed by atoms with Crippen LogP contribution < -0.4 is 5.32 Å². The first-order valence-electron chi connectivity index (χ1n) is 8.33. The molecule has 0 radical (unpaired) electrons. The van der Waals surface area contributed by atoms with Gasteiger partial charge < -0.3 is 14.7 Å². The van der Waals surface area contributed by atoms with Crippen molar-refractivity contribution in [2.75, 3.05) is 39.3 Å². The fraction of sp³-hybridized carbons (Fsp3) is 0.562. The summed E-state index contributed by atoms with van der Waals surface area (Å²) in [4.78, 5) is 22.1. The lowest BCUT2D eigenvalue weighted by Gasteiger charge is -2.39. The summed E-state index contributed by atoms with van der Waals surface area (Å²) in [6.07, 6.45) is 0. The maximum absolute atomic E-state index is 12.3. The van der Waals surface area contributed by atoms with Crippen molar-refractivity contribution in [3.63, 3.8) is 0 Å². The maximum Gasteiger partial charge on any atom is 0.244 e. The largest absolute Gasteiger partial charge is 0.340 e. The molecule has 136 valence electrons. The van der Waals surface area contributed by atoms with Crippen LogP contribution in [0.4, 0.5) is 0 Å². The number of thiophene rings is 1. The molecular weight excluding hydrogens is 362 g/mol. The third-order valence-electron chi connectivity index (χ3n) is 4.85. The monoisotopic (exact) mass is 383 g/mol. The average Bonchev–Trinajstić information content (AvgIpc) is 3.23. The van der Waals surface area contributed by atoms with Gasteiger partial charge in [0, 0.05) is 39.3 Å². The summed E-state index contributed by atoms with van der Waals surface area (Å²) in [7, 11) is 0. The highest BCUT2D eigenvalue weighted by Crippen LogP contribution is 2.26. The summed E-state index contributed by atoms with van der Waals surface area (Å²) in [5, 5.41) is 9.25. The van der Waals surface area contributed by atoms with E-state index >= 15 is 0 Å². The van der Waals surface area contributed by atoms with Gasteiger partial charge in [0.25, 0.3) is 0 Å². The minimum Gasteiger partial charge on any atom is -0.340 e. The lowest BCUT2D eigenvalue weighted by atomic mass is 10.0. The second-order valence-corrected chi connectivity index (χ2v) is 7.27. The van der Waals surface area contributed by atoms with Crippen molar-refractivity contribution in [3.05, 3.63) is 23.4 Å². The topological polar surface area (TPSA) is 74.5 Å². The normalized spacial score (nSPS) is 20.0. The van der Waals surface area contributed by atoms with Crippen LogP contribution in [0.2, 0.25) is 0 Å². The van der Waals surface area contributed by atoms with Crippen molar-refractivity contribution in [1.29, 1.82) is 0 Å². The number of hydrogen-bond donors (Lipinski definition) is 1. The van der Waals surface area contributed by atoms with Gasteiger partial charge in [-0.05, 0) is 18.4 Å². The molecule has 0 spiro atoms. The molecule has 2 saturated heterocycles. The second kappa shape index (κ2) is 7.82. The van der Waals surface area contributed by atoms with Crippen molar-refractivity contribution < 1.29 is 9.32 Å². The van der Waals surface area contributed by atoms with Gasteiger partial charge in [-0.25, -0.2) is 0 Å². The van der Waals surface area contributed by atoms with Crippen LogP contribution in [0.5, 0.6) is 0 Å². The van der Waals surface area contributed by atoms with E-state index in [0.29, 0.717) is 17.6 Å². The van der Waals surface area contributed by atoms with E-state index in [0.717, 1.165) is 44.1 Å². The van der Waals surface area contributed by atoms with Gasteiger partial charge in [0.1, 0.15) is 0 Å². The summed E-state index contributed by atoms with van der Waals surface area (Å²) < 4.78 is 5.46. The number of hydrogen-bond acceptors (Lipinski definition) is 7. The summed E-state index contributed by atoms with van der Waals surface area (Å²) in [5.74, 6) is 1.76. The third-order valence-corrected chi connectivity index (χ3v) is 5.71. The molecule has 1 amide bonds. The van der Waals surface area contributed by atoms with Crippen molar-refractivity contribution in [1.82, 2.24) is 25.3 Å². The van der Waals surface area contributed by atoms with Crippen LogP contribution in [0, 0.1) is 5.92 Å². The summed E-state index contributed by atoms with van der Waals surface area (Å²) >= 11 is 1.60.